The molecule has 2 saturated heterocycles. The quantitative estimate of drug-likeness (QED) is 0.204. The van der Waals surface area contributed by atoms with Crippen molar-refractivity contribution < 1.29 is 24.5 Å². The number of amides is 2. The summed E-state index contributed by atoms with van der Waals surface area (Å²) in [6, 6.07) is 4.78. The third kappa shape index (κ3) is 5.43. The van der Waals surface area contributed by atoms with E-state index in [0.717, 1.165) is 61.5 Å². The largest absolute Gasteiger partial charge is 0.504 e. The summed E-state index contributed by atoms with van der Waals surface area (Å²) in [6.45, 7) is 11.5. The van der Waals surface area contributed by atoms with Gasteiger partial charge in [0, 0.05) is 25.0 Å². The Morgan fingerprint density at radius 2 is 1.74 bits per heavy atom. The molecule has 0 aromatic heterocycles. The minimum atomic E-state index is -0.286. The highest BCUT2D eigenvalue weighted by atomic mass is 16.5. The summed E-state index contributed by atoms with van der Waals surface area (Å²) in [5, 5.41) is 29.1. The number of piperidine rings is 1. The Morgan fingerprint density at radius 3 is 2.50 bits per heavy atom. The summed E-state index contributed by atoms with van der Waals surface area (Å²) in [5.41, 5.74) is 1.41. The van der Waals surface area contributed by atoms with Gasteiger partial charge in [0.05, 0.1) is 6.10 Å². The summed E-state index contributed by atoms with van der Waals surface area (Å²) in [6.07, 6.45) is 12.8. The fraction of sp³-hybridized carbons (Fsp3) is 0.789. The van der Waals surface area contributed by atoms with Crippen molar-refractivity contribution in [1.82, 2.24) is 16.0 Å². The molecule has 1 aromatic rings. The first-order valence-corrected chi connectivity index (χ1v) is 18.4. The number of aromatic hydroxyl groups is 2. The van der Waals surface area contributed by atoms with Crippen LogP contribution < -0.4 is 16.0 Å². The number of hydrogen-bond donors (Lipinski definition) is 5. The van der Waals surface area contributed by atoms with Gasteiger partial charge in [-0.1, -0.05) is 33.8 Å². The summed E-state index contributed by atoms with van der Waals surface area (Å²) < 4.78 is 7.07. The molecule has 0 radical (unpaired) electrons. The Morgan fingerprint density at radius 1 is 0.935 bits per heavy atom. The first kappa shape index (κ1) is 32.2. The van der Waals surface area contributed by atoms with E-state index in [1.807, 2.05) is 0 Å². The van der Waals surface area contributed by atoms with Crippen molar-refractivity contribution in [3.8, 4) is 11.5 Å². The van der Waals surface area contributed by atoms with Crippen LogP contribution in [0.3, 0.4) is 0 Å². The summed E-state index contributed by atoms with van der Waals surface area (Å²) >= 11 is 0. The number of hydrogen-bond acceptors (Lipinski definition) is 6. The molecule has 254 valence electrons. The Labute approximate surface area is 275 Å². The predicted molar refractivity (Wildman–Crippen MR) is 177 cm³/mol. The first-order valence-electron chi connectivity index (χ1n) is 18.4. The third-order valence-corrected chi connectivity index (χ3v) is 14.6. The average Bonchev–Trinajstić information content (AvgIpc) is 3.46. The molecule has 2 aliphatic heterocycles. The van der Waals surface area contributed by atoms with Crippen LogP contribution in [0.5, 0.6) is 11.5 Å². The van der Waals surface area contributed by atoms with Crippen LogP contribution >= 0.6 is 0 Å². The maximum Gasteiger partial charge on any atom is 0.229 e. The van der Waals surface area contributed by atoms with Crippen molar-refractivity contribution in [2.45, 2.75) is 123 Å². The van der Waals surface area contributed by atoms with E-state index in [2.05, 4.69) is 43.6 Å². The zero-order valence-electron chi connectivity index (χ0n) is 28.4. The van der Waals surface area contributed by atoms with Gasteiger partial charge in [-0.2, -0.15) is 0 Å². The molecule has 2 amide bonds. The van der Waals surface area contributed by atoms with Gasteiger partial charge in [0.25, 0.3) is 0 Å². The van der Waals surface area contributed by atoms with Gasteiger partial charge >= 0.3 is 0 Å². The molecule has 46 heavy (non-hydrogen) atoms. The van der Waals surface area contributed by atoms with Crippen LogP contribution in [0.25, 0.3) is 0 Å². The Bertz CT molecular complexity index is 1330. The second kappa shape index (κ2) is 12.0. The van der Waals surface area contributed by atoms with E-state index in [4.69, 9.17) is 4.74 Å². The molecule has 4 saturated carbocycles. The van der Waals surface area contributed by atoms with Crippen LogP contribution in [-0.2, 0) is 20.7 Å². The van der Waals surface area contributed by atoms with E-state index in [-0.39, 0.29) is 41.5 Å². The molecule has 6 aliphatic rings. The number of rotatable bonds is 6. The van der Waals surface area contributed by atoms with E-state index >= 15 is 0 Å². The molecule has 0 bridgehead atoms. The highest BCUT2D eigenvalue weighted by molar-refractivity contribution is 5.96. The molecule has 7 rings (SSSR count). The van der Waals surface area contributed by atoms with Gasteiger partial charge in [-0.25, -0.2) is 0 Å². The number of carbonyl (C=O) groups is 2. The SMILES string of the molecule is C[C@@H]1CC[C@@]2(NC1)O[C@H]1C[C@H]3[C@@H]4CC[C@@H]5C[C@@H](NC(=O)CC(=O)NCCc6ccc(O)c(O)c6)CC[C@]5(C)[C@H]4CC[C@]3(C)[C@H]1[C@@H]2C. The lowest BCUT2D eigenvalue weighted by Gasteiger charge is -2.61. The maximum atomic E-state index is 12.9. The van der Waals surface area contributed by atoms with Crippen LogP contribution in [-0.4, -0.2) is 53.0 Å². The molecular formula is C38H57N3O5. The van der Waals surface area contributed by atoms with Crippen molar-refractivity contribution in [3.05, 3.63) is 23.8 Å². The number of nitrogens with one attached hydrogen (secondary N) is 3. The van der Waals surface area contributed by atoms with Gasteiger partial charge in [0.2, 0.25) is 11.8 Å². The van der Waals surface area contributed by atoms with Gasteiger partial charge in [-0.3, -0.25) is 14.9 Å². The Balaban J connectivity index is 0.914. The topological polar surface area (TPSA) is 120 Å². The number of ether oxygens (including phenoxy) is 1. The molecule has 1 aromatic carbocycles. The van der Waals surface area contributed by atoms with Gasteiger partial charge in [-0.05, 0) is 135 Å². The molecule has 4 aliphatic carbocycles. The van der Waals surface area contributed by atoms with Gasteiger partial charge in [0.15, 0.2) is 11.5 Å². The number of carbonyl (C=O) groups excluding carboxylic acids is 2. The van der Waals surface area contributed by atoms with Crippen LogP contribution in [0.1, 0.15) is 104 Å². The highest BCUT2D eigenvalue weighted by Crippen LogP contribution is 2.71. The van der Waals surface area contributed by atoms with E-state index in [1.54, 1.807) is 6.07 Å². The molecule has 6 fully saturated rings. The van der Waals surface area contributed by atoms with E-state index in [1.165, 1.54) is 50.7 Å². The number of fused-ring (bicyclic) bond motifs is 7. The van der Waals surface area contributed by atoms with Crippen molar-refractivity contribution in [2.75, 3.05) is 13.1 Å². The lowest BCUT2D eigenvalue weighted by Crippen LogP contribution is -2.58. The summed E-state index contributed by atoms with van der Waals surface area (Å²) in [7, 11) is 0. The molecule has 8 heteroatoms. The average molecular weight is 636 g/mol. The summed E-state index contributed by atoms with van der Waals surface area (Å²) in [4.78, 5) is 25.3. The second-order valence-electron chi connectivity index (χ2n) is 17.0. The normalized spacial score (nSPS) is 44.5. The standard InChI is InChI=1S/C38H57N3O5/c1-22-9-15-38(40-21-22)23(2)35-32(46-38)19-29-27-7-6-25-18-26(10-13-36(25,3)28(27)11-14-37(29,35)4)41-34(45)20-33(44)39-16-12-24-5-8-30(42)31(43)17-24/h5,8,17,22-23,25-29,32,35,40,42-43H,6-7,9-16,18-21H2,1-4H3,(H,39,44)(H,41,45)/t22-,23+,25-,26+,27-,28+,29+,32+,35+,36+,37+,38-/m1/s1. The monoisotopic (exact) mass is 635 g/mol. The number of phenolic OH excluding ortho intramolecular Hbond substituents is 2. The highest BCUT2D eigenvalue weighted by Gasteiger charge is 2.68. The Kier molecular flexibility index (Phi) is 8.39. The van der Waals surface area contributed by atoms with E-state index in [0.29, 0.717) is 47.7 Å². The molecular weight excluding hydrogens is 578 g/mol. The molecule has 0 unspecified atom stereocenters. The molecule has 12 atom stereocenters. The van der Waals surface area contributed by atoms with Gasteiger partial charge in [-0.15, -0.1) is 0 Å². The summed E-state index contributed by atoms with van der Waals surface area (Å²) in [5.74, 6) is 4.09. The Hall–Kier alpha value is -2.32. The van der Waals surface area contributed by atoms with Crippen molar-refractivity contribution in [3.63, 3.8) is 0 Å². The fourth-order valence-electron chi connectivity index (χ4n) is 12.1. The predicted octanol–water partition coefficient (Wildman–Crippen LogP) is 5.65. The number of phenols is 2. The third-order valence-electron chi connectivity index (χ3n) is 14.6. The lowest BCUT2D eigenvalue weighted by molar-refractivity contribution is -0.137. The van der Waals surface area contributed by atoms with Crippen LogP contribution in [0.2, 0.25) is 0 Å². The van der Waals surface area contributed by atoms with Gasteiger partial charge < -0.3 is 25.6 Å². The zero-order valence-corrected chi connectivity index (χ0v) is 28.4. The first-order chi connectivity index (χ1) is 21.9. The second-order valence-corrected chi connectivity index (χ2v) is 17.0. The van der Waals surface area contributed by atoms with E-state index in [9.17, 15) is 19.8 Å². The molecule has 2 heterocycles. The van der Waals surface area contributed by atoms with Crippen molar-refractivity contribution in [2.24, 2.45) is 52.3 Å². The molecule has 5 N–H and O–H groups in total. The van der Waals surface area contributed by atoms with E-state index < -0.39 is 0 Å². The van der Waals surface area contributed by atoms with Crippen molar-refractivity contribution in [1.29, 1.82) is 0 Å². The lowest BCUT2D eigenvalue weighted by atomic mass is 9.44. The number of benzene rings is 1. The smallest absolute Gasteiger partial charge is 0.229 e. The zero-order chi connectivity index (χ0) is 32.4. The maximum absolute atomic E-state index is 12.9. The minimum absolute atomic E-state index is 0.0987. The van der Waals surface area contributed by atoms with Crippen LogP contribution in [0, 0.1) is 52.3 Å². The molecule has 1 spiro atoms. The van der Waals surface area contributed by atoms with Crippen LogP contribution in [0.4, 0.5) is 0 Å². The van der Waals surface area contributed by atoms with Crippen molar-refractivity contribution >= 4 is 11.8 Å². The van der Waals surface area contributed by atoms with Crippen LogP contribution in [0.15, 0.2) is 18.2 Å². The molecule has 8 nitrogen and oxygen atoms in total. The minimum Gasteiger partial charge on any atom is -0.504 e. The van der Waals surface area contributed by atoms with Gasteiger partial charge in [0.1, 0.15) is 12.1 Å². The fourth-order valence-corrected chi connectivity index (χ4v) is 12.1.